The highest BCUT2D eigenvalue weighted by molar-refractivity contribution is 7.90. The van der Waals surface area contributed by atoms with E-state index in [1.165, 1.54) is 35.6 Å². The molecule has 5 fully saturated rings. The number of aryl methyl sites for hydroxylation is 2. The molecule has 3 aromatic carbocycles. The number of nitrogens with one attached hydrogen (secondary N) is 2. The quantitative estimate of drug-likeness (QED) is 0.0973. The number of ether oxygens (including phenoxy) is 3. The minimum Gasteiger partial charge on any atom is -0.489 e. The number of hydrogen-bond donors (Lipinski definition) is 2. The first-order chi connectivity index (χ1) is 34.3. The summed E-state index contributed by atoms with van der Waals surface area (Å²) in [7, 11) is -4.49. The molecule has 0 unspecified atom stereocenters. The molecule has 1 amide bonds. The first kappa shape index (κ1) is 47.5. The molecule has 4 saturated heterocycles. The van der Waals surface area contributed by atoms with Gasteiger partial charge in [0.1, 0.15) is 12.4 Å². The van der Waals surface area contributed by atoms with Gasteiger partial charge in [-0.15, -0.1) is 0 Å². The number of carbonyl (C=O) groups excluding carboxylic acids is 1. The molecular formula is C53H64N8O9S. The molecule has 0 bridgehead atoms. The van der Waals surface area contributed by atoms with Crippen molar-refractivity contribution in [3.63, 3.8) is 0 Å². The number of morpholine rings is 1. The van der Waals surface area contributed by atoms with Crippen molar-refractivity contribution < 1.29 is 36.8 Å². The highest BCUT2D eigenvalue weighted by Gasteiger charge is 2.50. The van der Waals surface area contributed by atoms with Gasteiger partial charge in [0.25, 0.3) is 21.6 Å². The molecular weight excluding hydrogens is 925 g/mol. The second-order valence-electron chi connectivity index (χ2n) is 20.8. The molecule has 2 N–H and O–H groups in total. The summed E-state index contributed by atoms with van der Waals surface area (Å²) in [5, 5.41) is 16.5. The number of nitro benzene ring substituents is 1. The smallest absolute Gasteiger partial charge is 0.297 e. The molecule has 3 atom stereocenters. The SMILES string of the molecule is Cc1cc2c(CN3CCN(C4CC5(CCN(c6ccc(C(=O)NS(=O)(=O)c7cc8c(c([N+](=O)[O-])c7)N[C@H](C7CCOCC7)CO8)cc6)CC5)C4)[C@H](c4ccccc4C)C3)cnc(N3CCOC[C@@H]3C)c2o1. The third-order valence-corrected chi connectivity index (χ3v) is 17.6. The minimum atomic E-state index is -4.49. The van der Waals surface area contributed by atoms with Crippen LogP contribution in [0.5, 0.6) is 5.75 Å². The summed E-state index contributed by atoms with van der Waals surface area (Å²) < 4.78 is 52.6. The van der Waals surface area contributed by atoms with E-state index >= 15 is 0 Å². The van der Waals surface area contributed by atoms with Gasteiger partial charge in [0.15, 0.2) is 22.8 Å². The van der Waals surface area contributed by atoms with Crippen molar-refractivity contribution in [1.29, 1.82) is 0 Å². The molecule has 5 aliphatic heterocycles. The van der Waals surface area contributed by atoms with Crippen LogP contribution in [0.15, 0.2) is 82.2 Å². The van der Waals surface area contributed by atoms with E-state index < -0.39 is 31.4 Å². The molecule has 18 heteroatoms. The number of nitro groups is 1. The van der Waals surface area contributed by atoms with Crippen molar-refractivity contribution in [3.05, 3.63) is 111 Å². The van der Waals surface area contributed by atoms with E-state index in [-0.39, 0.29) is 53.1 Å². The Morgan fingerprint density at radius 3 is 2.46 bits per heavy atom. The summed E-state index contributed by atoms with van der Waals surface area (Å²) in [6.07, 6.45) is 8.15. The fraction of sp³-hybridized carbons (Fsp3) is 0.509. The van der Waals surface area contributed by atoms with Crippen molar-refractivity contribution in [2.24, 2.45) is 11.3 Å². The number of pyridine rings is 1. The fourth-order valence-electron chi connectivity index (χ4n) is 12.3. The van der Waals surface area contributed by atoms with Crippen LogP contribution >= 0.6 is 0 Å². The van der Waals surface area contributed by atoms with Gasteiger partial charge in [-0.05, 0) is 118 Å². The van der Waals surface area contributed by atoms with Gasteiger partial charge in [-0.2, -0.15) is 0 Å². The van der Waals surface area contributed by atoms with Crippen LogP contribution in [0, 0.1) is 35.3 Å². The van der Waals surface area contributed by atoms with Crippen molar-refractivity contribution in [2.75, 3.05) is 87.4 Å². The fourth-order valence-corrected chi connectivity index (χ4v) is 13.3. The maximum absolute atomic E-state index is 13.5. The lowest BCUT2D eigenvalue weighted by Gasteiger charge is -2.58. The Hall–Kier alpha value is -5.79. The zero-order valence-corrected chi connectivity index (χ0v) is 41.6. The number of rotatable bonds is 11. The van der Waals surface area contributed by atoms with Crippen molar-refractivity contribution in [1.82, 2.24) is 19.5 Å². The van der Waals surface area contributed by atoms with E-state index in [2.05, 4.69) is 80.0 Å². The number of carbonyl (C=O) groups is 1. The van der Waals surface area contributed by atoms with Crippen molar-refractivity contribution in [3.8, 4) is 5.75 Å². The van der Waals surface area contributed by atoms with Crippen molar-refractivity contribution in [2.45, 2.75) is 94.9 Å². The monoisotopic (exact) mass is 988 g/mol. The predicted molar refractivity (Wildman–Crippen MR) is 270 cm³/mol. The number of fused-ring (bicyclic) bond motifs is 2. The molecule has 17 nitrogen and oxygen atoms in total. The Morgan fingerprint density at radius 2 is 1.72 bits per heavy atom. The highest BCUT2D eigenvalue weighted by atomic mass is 32.2. The third kappa shape index (κ3) is 9.44. The molecule has 5 aromatic rings. The van der Waals surface area contributed by atoms with Gasteiger partial charge in [0.05, 0.1) is 35.1 Å². The second-order valence-corrected chi connectivity index (χ2v) is 22.5. The van der Waals surface area contributed by atoms with Gasteiger partial charge < -0.3 is 33.7 Å². The van der Waals surface area contributed by atoms with Gasteiger partial charge in [-0.1, -0.05) is 24.3 Å². The lowest BCUT2D eigenvalue weighted by molar-refractivity contribution is -0.384. The number of furan rings is 1. The summed E-state index contributed by atoms with van der Waals surface area (Å²) >= 11 is 0. The first-order valence-corrected chi connectivity index (χ1v) is 26.8. The maximum Gasteiger partial charge on any atom is 0.297 e. The highest BCUT2D eigenvalue weighted by Crippen LogP contribution is 2.53. The summed E-state index contributed by atoms with van der Waals surface area (Å²) in [5.41, 5.74) is 5.93. The lowest BCUT2D eigenvalue weighted by Crippen LogP contribution is -2.59. The van der Waals surface area contributed by atoms with Crippen LogP contribution in [0.25, 0.3) is 11.0 Å². The molecule has 1 spiro atoms. The molecule has 1 saturated carbocycles. The second kappa shape index (κ2) is 19.3. The molecule has 7 heterocycles. The average molecular weight is 989 g/mol. The van der Waals surface area contributed by atoms with Gasteiger partial charge in [-0.25, -0.2) is 18.1 Å². The summed E-state index contributed by atoms with van der Waals surface area (Å²) in [4.78, 5) is 39.6. The normalized spacial score (nSPS) is 23.5. The minimum absolute atomic E-state index is 0.0581. The van der Waals surface area contributed by atoms with Crippen LogP contribution in [0.2, 0.25) is 0 Å². The molecule has 71 heavy (non-hydrogen) atoms. The maximum atomic E-state index is 13.5. The molecule has 376 valence electrons. The standard InChI is InChI=1S/C53H64N8O9S/c1-34-6-4-5-7-43(34)47-31-57(30-39-29-54-51(50-44(39)24-36(3)70-50)59-20-23-68-32-35(59)2)18-19-60(47)41-27-53(28-41)14-16-58(17-15-53)40-10-8-38(9-11-40)52(62)56-71(65,66)42-25-46(61(63)64)49-48(26-42)69-33-45(55-49)37-12-21-67-22-13-37/h4-11,24-26,29,35,37,41,45,47,55H,12-23,27-28,30-33H2,1-3H3,(H,56,62)/t35-,45-,47-/m0/s1. The number of anilines is 3. The Kier molecular flexibility index (Phi) is 12.9. The van der Waals surface area contributed by atoms with Crippen LogP contribution in [0.3, 0.4) is 0 Å². The Morgan fingerprint density at radius 1 is 0.944 bits per heavy atom. The van der Waals surface area contributed by atoms with E-state index in [0.717, 1.165) is 106 Å². The zero-order chi connectivity index (χ0) is 49.0. The molecule has 11 rings (SSSR count). The number of sulfonamides is 1. The summed E-state index contributed by atoms with van der Waals surface area (Å²) in [6.45, 7) is 15.5. The van der Waals surface area contributed by atoms with Gasteiger partial charge in [0, 0.05) is 106 Å². The van der Waals surface area contributed by atoms with Crippen LogP contribution in [-0.2, 0) is 26.0 Å². The van der Waals surface area contributed by atoms with Crippen LogP contribution in [-0.4, -0.2) is 124 Å². The Balaban J connectivity index is 0.709. The van der Waals surface area contributed by atoms with Crippen LogP contribution < -0.4 is 24.6 Å². The van der Waals surface area contributed by atoms with E-state index in [1.54, 1.807) is 12.1 Å². The Labute approximate surface area is 415 Å². The predicted octanol–water partition coefficient (Wildman–Crippen LogP) is 7.60. The van der Waals surface area contributed by atoms with Gasteiger partial charge in [-0.3, -0.25) is 24.7 Å². The zero-order valence-electron chi connectivity index (χ0n) is 40.8. The van der Waals surface area contributed by atoms with E-state index in [0.29, 0.717) is 32.5 Å². The number of hydrogen-bond acceptors (Lipinski definition) is 15. The van der Waals surface area contributed by atoms with Crippen molar-refractivity contribution >= 4 is 49.8 Å². The van der Waals surface area contributed by atoms with Crippen LogP contribution in [0.1, 0.15) is 84.3 Å². The average Bonchev–Trinajstić information content (AvgIpc) is 3.77. The molecule has 2 aromatic heterocycles. The van der Waals surface area contributed by atoms with Gasteiger partial charge >= 0.3 is 0 Å². The number of benzene rings is 3. The number of nitrogens with zero attached hydrogens (tertiary/aromatic N) is 6. The van der Waals surface area contributed by atoms with E-state index in [4.69, 9.17) is 23.6 Å². The van der Waals surface area contributed by atoms with E-state index in [9.17, 15) is 23.3 Å². The molecule has 1 aliphatic carbocycles. The largest absolute Gasteiger partial charge is 0.489 e. The van der Waals surface area contributed by atoms with E-state index in [1.807, 2.05) is 19.1 Å². The number of piperazine rings is 1. The lowest BCUT2D eigenvalue weighted by atomic mass is 9.59. The molecule has 6 aliphatic rings. The molecule has 0 radical (unpaired) electrons. The van der Waals surface area contributed by atoms with Crippen LogP contribution in [0.4, 0.5) is 22.9 Å². The van der Waals surface area contributed by atoms with Gasteiger partial charge in [0.2, 0.25) is 0 Å². The summed E-state index contributed by atoms with van der Waals surface area (Å²) in [5.74, 6) is 1.24. The Bertz CT molecular complexity index is 2910. The summed E-state index contributed by atoms with van der Waals surface area (Å²) in [6, 6.07) is 21.1. The number of aromatic nitrogens is 1. The topological polar surface area (TPSA) is 185 Å². The number of amides is 1. The third-order valence-electron chi connectivity index (χ3n) is 16.3. The number of piperidine rings is 1. The first-order valence-electron chi connectivity index (χ1n) is 25.3.